The standard InChI is InChI=1S/C17H16FNO4/c1-11-6-7-12(8-14(11)18)9-19-16(20)10-23-15-5-3-2-4-13(15)17(21)22/h2-8H,9-10H2,1H3,(H,19,20)(H,21,22). The second kappa shape index (κ2) is 7.40. The van der Waals surface area contributed by atoms with Crippen molar-refractivity contribution in [3.63, 3.8) is 0 Å². The highest BCUT2D eigenvalue weighted by molar-refractivity contribution is 5.91. The molecule has 0 unspecified atom stereocenters. The van der Waals surface area contributed by atoms with Crippen molar-refractivity contribution in [1.29, 1.82) is 0 Å². The van der Waals surface area contributed by atoms with E-state index in [0.29, 0.717) is 11.1 Å². The van der Waals surface area contributed by atoms with E-state index >= 15 is 0 Å². The zero-order chi connectivity index (χ0) is 16.8. The molecule has 23 heavy (non-hydrogen) atoms. The lowest BCUT2D eigenvalue weighted by Crippen LogP contribution is -2.28. The Morgan fingerprint density at radius 1 is 1.22 bits per heavy atom. The summed E-state index contributed by atoms with van der Waals surface area (Å²) >= 11 is 0. The van der Waals surface area contributed by atoms with E-state index in [1.165, 1.54) is 18.2 Å². The Morgan fingerprint density at radius 3 is 2.65 bits per heavy atom. The number of amides is 1. The molecule has 0 aliphatic carbocycles. The molecule has 0 aliphatic heterocycles. The average Bonchev–Trinajstić information content (AvgIpc) is 2.54. The van der Waals surface area contributed by atoms with Gasteiger partial charge in [0, 0.05) is 6.54 Å². The Bertz CT molecular complexity index is 730. The van der Waals surface area contributed by atoms with Crippen LogP contribution in [0.2, 0.25) is 0 Å². The van der Waals surface area contributed by atoms with Gasteiger partial charge in [-0.2, -0.15) is 0 Å². The first-order chi connectivity index (χ1) is 11.0. The van der Waals surface area contributed by atoms with Gasteiger partial charge in [-0.3, -0.25) is 4.79 Å². The Kier molecular flexibility index (Phi) is 5.30. The highest BCUT2D eigenvalue weighted by Gasteiger charge is 2.11. The van der Waals surface area contributed by atoms with Crippen LogP contribution in [0, 0.1) is 12.7 Å². The fraction of sp³-hybridized carbons (Fsp3) is 0.176. The van der Waals surface area contributed by atoms with Crippen molar-refractivity contribution in [3.8, 4) is 5.75 Å². The molecule has 0 radical (unpaired) electrons. The molecule has 0 heterocycles. The van der Waals surface area contributed by atoms with Crippen molar-refractivity contribution in [2.75, 3.05) is 6.61 Å². The van der Waals surface area contributed by atoms with E-state index in [2.05, 4.69) is 5.32 Å². The maximum atomic E-state index is 13.4. The van der Waals surface area contributed by atoms with Gasteiger partial charge < -0.3 is 15.2 Å². The van der Waals surface area contributed by atoms with Gasteiger partial charge in [-0.15, -0.1) is 0 Å². The van der Waals surface area contributed by atoms with Crippen LogP contribution in [0.4, 0.5) is 4.39 Å². The molecule has 2 rings (SSSR count). The lowest BCUT2D eigenvalue weighted by Gasteiger charge is -2.10. The number of carboxylic acid groups (broad SMARTS) is 1. The minimum absolute atomic E-state index is 0.0131. The van der Waals surface area contributed by atoms with Crippen LogP contribution < -0.4 is 10.1 Å². The summed E-state index contributed by atoms with van der Waals surface area (Å²) in [7, 11) is 0. The maximum Gasteiger partial charge on any atom is 0.339 e. The number of halogens is 1. The molecule has 0 fully saturated rings. The molecule has 2 aromatic carbocycles. The zero-order valence-corrected chi connectivity index (χ0v) is 12.5. The highest BCUT2D eigenvalue weighted by atomic mass is 19.1. The fourth-order valence-electron chi connectivity index (χ4n) is 1.91. The van der Waals surface area contributed by atoms with Gasteiger partial charge in [0.2, 0.25) is 0 Å². The van der Waals surface area contributed by atoms with Crippen LogP contribution in [0.5, 0.6) is 5.75 Å². The molecule has 6 heteroatoms. The summed E-state index contributed by atoms with van der Waals surface area (Å²) in [5.41, 5.74) is 1.15. The number of carbonyl (C=O) groups excluding carboxylic acids is 1. The molecule has 0 saturated carbocycles. The van der Waals surface area contributed by atoms with Gasteiger partial charge in [0.25, 0.3) is 5.91 Å². The van der Waals surface area contributed by atoms with Gasteiger partial charge in [-0.05, 0) is 36.2 Å². The predicted molar refractivity (Wildman–Crippen MR) is 81.9 cm³/mol. The SMILES string of the molecule is Cc1ccc(CNC(=O)COc2ccccc2C(=O)O)cc1F. The van der Waals surface area contributed by atoms with Crippen molar-refractivity contribution in [2.24, 2.45) is 0 Å². The monoisotopic (exact) mass is 317 g/mol. The molecule has 2 N–H and O–H groups in total. The number of rotatable bonds is 6. The first kappa shape index (κ1) is 16.5. The van der Waals surface area contributed by atoms with Gasteiger partial charge in [-0.25, -0.2) is 9.18 Å². The summed E-state index contributed by atoms with van der Waals surface area (Å²) in [6.07, 6.45) is 0. The third kappa shape index (κ3) is 4.54. The predicted octanol–water partition coefficient (Wildman–Crippen LogP) is 2.53. The molecule has 1 amide bonds. The number of benzene rings is 2. The molecular weight excluding hydrogens is 301 g/mol. The van der Waals surface area contributed by atoms with E-state index in [9.17, 15) is 14.0 Å². The second-order valence-electron chi connectivity index (χ2n) is 4.95. The minimum Gasteiger partial charge on any atom is -0.483 e. The van der Waals surface area contributed by atoms with E-state index in [4.69, 9.17) is 9.84 Å². The van der Waals surface area contributed by atoms with Crippen molar-refractivity contribution < 1.29 is 23.8 Å². The zero-order valence-electron chi connectivity index (χ0n) is 12.5. The van der Waals surface area contributed by atoms with Crippen molar-refractivity contribution in [2.45, 2.75) is 13.5 Å². The van der Waals surface area contributed by atoms with Crippen molar-refractivity contribution in [1.82, 2.24) is 5.32 Å². The Balaban J connectivity index is 1.88. The number of carboxylic acids is 1. The van der Waals surface area contributed by atoms with Crippen molar-refractivity contribution in [3.05, 3.63) is 65.0 Å². The van der Waals surface area contributed by atoms with Crippen LogP contribution >= 0.6 is 0 Å². The molecule has 0 spiro atoms. The summed E-state index contributed by atoms with van der Waals surface area (Å²) in [4.78, 5) is 22.8. The molecule has 0 saturated heterocycles. The molecule has 0 aromatic heterocycles. The minimum atomic E-state index is -1.13. The van der Waals surface area contributed by atoms with Crippen LogP contribution in [0.1, 0.15) is 21.5 Å². The lowest BCUT2D eigenvalue weighted by molar-refractivity contribution is -0.123. The first-order valence-corrected chi connectivity index (χ1v) is 6.94. The molecular formula is C17H16FNO4. The third-order valence-corrected chi connectivity index (χ3v) is 3.20. The van der Waals surface area contributed by atoms with Crippen LogP contribution in [-0.4, -0.2) is 23.6 Å². The number of carbonyl (C=O) groups is 2. The van der Waals surface area contributed by atoms with E-state index < -0.39 is 11.9 Å². The smallest absolute Gasteiger partial charge is 0.339 e. The number of ether oxygens (including phenoxy) is 1. The van der Waals surface area contributed by atoms with Gasteiger partial charge in [-0.1, -0.05) is 24.3 Å². The molecule has 0 aliphatic rings. The molecule has 120 valence electrons. The Morgan fingerprint density at radius 2 is 1.96 bits per heavy atom. The third-order valence-electron chi connectivity index (χ3n) is 3.20. The molecule has 0 bridgehead atoms. The summed E-state index contributed by atoms with van der Waals surface area (Å²) in [5.74, 6) is -1.76. The van der Waals surface area contributed by atoms with Crippen LogP contribution in [0.25, 0.3) is 0 Å². The van der Waals surface area contributed by atoms with Crippen LogP contribution in [-0.2, 0) is 11.3 Å². The molecule has 0 atom stereocenters. The summed E-state index contributed by atoms with van der Waals surface area (Å²) in [5, 5.41) is 11.6. The number of para-hydroxylation sites is 1. The maximum absolute atomic E-state index is 13.4. The number of hydrogen-bond acceptors (Lipinski definition) is 3. The number of aryl methyl sites for hydroxylation is 1. The number of aromatic carboxylic acids is 1. The average molecular weight is 317 g/mol. The summed E-state index contributed by atoms with van der Waals surface area (Å²) < 4.78 is 18.6. The number of hydrogen-bond donors (Lipinski definition) is 2. The van der Waals surface area contributed by atoms with Crippen molar-refractivity contribution >= 4 is 11.9 Å². The first-order valence-electron chi connectivity index (χ1n) is 6.94. The van der Waals surface area contributed by atoms with E-state index in [-0.39, 0.29) is 30.3 Å². The number of nitrogens with one attached hydrogen (secondary N) is 1. The topological polar surface area (TPSA) is 75.6 Å². The van der Waals surface area contributed by atoms with E-state index in [1.54, 1.807) is 31.2 Å². The van der Waals surface area contributed by atoms with E-state index in [1.807, 2.05) is 0 Å². The lowest BCUT2D eigenvalue weighted by atomic mass is 10.1. The van der Waals surface area contributed by atoms with Gasteiger partial charge in [0.15, 0.2) is 6.61 Å². The van der Waals surface area contributed by atoms with Gasteiger partial charge in [0.1, 0.15) is 17.1 Å². The van der Waals surface area contributed by atoms with Gasteiger partial charge in [0.05, 0.1) is 0 Å². The fourth-order valence-corrected chi connectivity index (χ4v) is 1.91. The molecule has 5 nitrogen and oxygen atoms in total. The van der Waals surface area contributed by atoms with Crippen LogP contribution in [0.3, 0.4) is 0 Å². The van der Waals surface area contributed by atoms with Crippen LogP contribution in [0.15, 0.2) is 42.5 Å². The normalized spacial score (nSPS) is 10.2. The Hall–Kier alpha value is -2.89. The largest absolute Gasteiger partial charge is 0.483 e. The Labute approximate surface area is 132 Å². The highest BCUT2D eigenvalue weighted by Crippen LogP contribution is 2.17. The van der Waals surface area contributed by atoms with Gasteiger partial charge >= 0.3 is 5.97 Å². The quantitative estimate of drug-likeness (QED) is 0.858. The summed E-state index contributed by atoms with van der Waals surface area (Å²) in [6, 6.07) is 10.8. The summed E-state index contributed by atoms with van der Waals surface area (Å²) in [6.45, 7) is 1.50. The van der Waals surface area contributed by atoms with E-state index in [0.717, 1.165) is 0 Å². The molecule has 2 aromatic rings. The second-order valence-corrected chi connectivity index (χ2v) is 4.95.